The van der Waals surface area contributed by atoms with Crippen molar-refractivity contribution in [3.63, 3.8) is 0 Å². The second-order valence-corrected chi connectivity index (χ2v) is 5.19. The quantitative estimate of drug-likeness (QED) is 0.568. The third-order valence-corrected chi connectivity index (χ3v) is 3.61. The molecule has 0 aliphatic heterocycles. The van der Waals surface area contributed by atoms with Gasteiger partial charge in [-0.05, 0) is 30.5 Å². The van der Waals surface area contributed by atoms with Gasteiger partial charge in [0.1, 0.15) is 0 Å². The van der Waals surface area contributed by atoms with E-state index in [0.29, 0.717) is 16.6 Å². The summed E-state index contributed by atoms with van der Waals surface area (Å²) >= 11 is 11.9. The number of nitrogens with one attached hydrogen (secondary N) is 1. The fourth-order valence-corrected chi connectivity index (χ4v) is 2.05. The van der Waals surface area contributed by atoms with Gasteiger partial charge in [-0.1, -0.05) is 48.2 Å². The zero-order valence-electron chi connectivity index (χ0n) is 11.2. The van der Waals surface area contributed by atoms with Gasteiger partial charge in [-0.25, -0.2) is 0 Å². The Hall–Kier alpha value is -1.03. The predicted octanol–water partition coefficient (Wildman–Crippen LogP) is 3.68. The van der Waals surface area contributed by atoms with E-state index in [1.807, 2.05) is 0 Å². The first-order valence-electron chi connectivity index (χ1n) is 6.66. The largest absolute Gasteiger partial charge is 0.396 e. The van der Waals surface area contributed by atoms with Crippen molar-refractivity contribution in [1.82, 2.24) is 5.32 Å². The van der Waals surface area contributed by atoms with Crippen molar-refractivity contribution in [2.75, 3.05) is 13.2 Å². The number of unbranched alkanes of at least 4 members (excludes halogenated alkanes) is 3. The molecule has 1 aromatic carbocycles. The van der Waals surface area contributed by atoms with E-state index < -0.39 is 0 Å². The van der Waals surface area contributed by atoms with Gasteiger partial charge in [0.2, 0.25) is 5.91 Å². The van der Waals surface area contributed by atoms with Crippen molar-refractivity contribution >= 4 is 35.2 Å². The molecule has 0 atom stereocenters. The molecule has 0 unspecified atom stereocenters. The molecule has 5 heteroatoms. The highest BCUT2D eigenvalue weighted by Gasteiger charge is 2.01. The molecule has 20 heavy (non-hydrogen) atoms. The summed E-state index contributed by atoms with van der Waals surface area (Å²) in [5.74, 6) is -0.150. The van der Waals surface area contributed by atoms with Crippen molar-refractivity contribution in [3.05, 3.63) is 39.9 Å². The van der Waals surface area contributed by atoms with E-state index in [-0.39, 0.29) is 12.5 Å². The van der Waals surface area contributed by atoms with Crippen LogP contribution in [0.5, 0.6) is 0 Å². The maximum Gasteiger partial charge on any atom is 0.243 e. The van der Waals surface area contributed by atoms with E-state index >= 15 is 0 Å². The number of halogens is 2. The molecular formula is C15H19Cl2NO2. The Bertz CT molecular complexity index is 461. The molecule has 0 radical (unpaired) electrons. The lowest BCUT2D eigenvalue weighted by Gasteiger charge is -2.02. The van der Waals surface area contributed by atoms with Crippen LogP contribution in [0, 0.1) is 0 Å². The smallest absolute Gasteiger partial charge is 0.243 e. The Balaban J connectivity index is 2.31. The topological polar surface area (TPSA) is 49.3 Å². The predicted molar refractivity (Wildman–Crippen MR) is 84.1 cm³/mol. The third-order valence-electron chi connectivity index (χ3n) is 2.78. The molecule has 0 aliphatic carbocycles. The lowest BCUT2D eigenvalue weighted by Crippen LogP contribution is -2.21. The van der Waals surface area contributed by atoms with Gasteiger partial charge in [0.25, 0.3) is 0 Å². The highest BCUT2D eigenvalue weighted by atomic mass is 35.5. The zero-order chi connectivity index (χ0) is 14.8. The van der Waals surface area contributed by atoms with Crippen LogP contribution in [-0.2, 0) is 4.79 Å². The molecule has 1 aromatic rings. The lowest BCUT2D eigenvalue weighted by atomic mass is 10.2. The van der Waals surface area contributed by atoms with Crippen LogP contribution in [0.2, 0.25) is 10.0 Å². The van der Waals surface area contributed by atoms with Gasteiger partial charge in [0, 0.05) is 19.2 Å². The van der Waals surface area contributed by atoms with E-state index in [0.717, 1.165) is 31.2 Å². The molecular weight excluding hydrogens is 297 g/mol. The highest BCUT2D eigenvalue weighted by molar-refractivity contribution is 6.42. The minimum absolute atomic E-state index is 0.150. The van der Waals surface area contributed by atoms with Crippen LogP contribution in [0.4, 0.5) is 0 Å². The molecule has 110 valence electrons. The van der Waals surface area contributed by atoms with Gasteiger partial charge in [0.05, 0.1) is 10.0 Å². The highest BCUT2D eigenvalue weighted by Crippen LogP contribution is 2.26. The lowest BCUT2D eigenvalue weighted by molar-refractivity contribution is -0.116. The van der Waals surface area contributed by atoms with Crippen molar-refractivity contribution in [3.8, 4) is 0 Å². The number of aliphatic hydroxyl groups is 1. The molecule has 0 saturated heterocycles. The van der Waals surface area contributed by atoms with E-state index in [1.165, 1.54) is 6.08 Å². The summed E-state index contributed by atoms with van der Waals surface area (Å²) in [6.07, 6.45) is 6.82. The summed E-state index contributed by atoms with van der Waals surface area (Å²) in [5.41, 5.74) is 0.720. The first-order valence-corrected chi connectivity index (χ1v) is 7.41. The fraction of sp³-hybridized carbons (Fsp3) is 0.400. The van der Waals surface area contributed by atoms with Crippen LogP contribution >= 0.6 is 23.2 Å². The van der Waals surface area contributed by atoms with Crippen LogP contribution in [0.25, 0.3) is 6.08 Å². The summed E-state index contributed by atoms with van der Waals surface area (Å²) < 4.78 is 0. The second kappa shape index (κ2) is 9.81. The number of hydrogen-bond donors (Lipinski definition) is 2. The van der Waals surface area contributed by atoms with Gasteiger partial charge in [-0.3, -0.25) is 4.79 Å². The molecule has 1 amide bonds. The van der Waals surface area contributed by atoms with Gasteiger partial charge < -0.3 is 10.4 Å². The summed E-state index contributed by atoms with van der Waals surface area (Å²) in [6.45, 7) is 0.868. The number of hydrogen-bond acceptors (Lipinski definition) is 2. The first kappa shape index (κ1) is 17.0. The van der Waals surface area contributed by atoms with Crippen molar-refractivity contribution < 1.29 is 9.90 Å². The second-order valence-electron chi connectivity index (χ2n) is 4.41. The Morgan fingerprint density at radius 2 is 1.95 bits per heavy atom. The van der Waals surface area contributed by atoms with Gasteiger partial charge in [-0.2, -0.15) is 0 Å². The molecule has 0 heterocycles. The van der Waals surface area contributed by atoms with Crippen molar-refractivity contribution in [2.45, 2.75) is 25.7 Å². The normalized spacial score (nSPS) is 10.9. The van der Waals surface area contributed by atoms with E-state index in [4.69, 9.17) is 28.3 Å². The van der Waals surface area contributed by atoms with Crippen LogP contribution in [-0.4, -0.2) is 24.2 Å². The molecule has 0 aromatic heterocycles. The molecule has 0 aliphatic rings. The van der Waals surface area contributed by atoms with E-state index in [2.05, 4.69) is 5.32 Å². The monoisotopic (exact) mass is 315 g/mol. The number of amides is 1. The summed E-state index contributed by atoms with van der Waals surface area (Å²) in [6, 6.07) is 5.29. The average molecular weight is 316 g/mol. The maximum atomic E-state index is 11.6. The standard InChI is InChI=1S/C15H19Cl2NO2/c16-13-7-5-6-12(15(13)17)8-9-14(20)18-10-3-1-2-4-11-19/h5-9,19H,1-4,10-11H2,(H,18,20)/b9-8+. The van der Waals surface area contributed by atoms with Crippen LogP contribution < -0.4 is 5.32 Å². The number of benzene rings is 1. The Labute approximate surface area is 129 Å². The SMILES string of the molecule is O=C(/C=C/c1cccc(Cl)c1Cl)NCCCCCCO. The molecule has 0 spiro atoms. The van der Waals surface area contributed by atoms with E-state index in [9.17, 15) is 4.79 Å². The molecule has 1 rings (SSSR count). The molecule has 3 nitrogen and oxygen atoms in total. The average Bonchev–Trinajstić information content (AvgIpc) is 2.44. The van der Waals surface area contributed by atoms with Gasteiger partial charge in [0.15, 0.2) is 0 Å². The molecule has 0 fully saturated rings. The van der Waals surface area contributed by atoms with Crippen molar-refractivity contribution in [2.24, 2.45) is 0 Å². The minimum atomic E-state index is -0.150. The van der Waals surface area contributed by atoms with Gasteiger partial charge >= 0.3 is 0 Å². The minimum Gasteiger partial charge on any atom is -0.396 e. The van der Waals surface area contributed by atoms with E-state index in [1.54, 1.807) is 24.3 Å². The molecule has 2 N–H and O–H groups in total. The van der Waals surface area contributed by atoms with Crippen molar-refractivity contribution in [1.29, 1.82) is 0 Å². The summed E-state index contributed by atoms with van der Waals surface area (Å²) in [7, 11) is 0. The van der Waals surface area contributed by atoms with Crippen LogP contribution in [0.15, 0.2) is 24.3 Å². The Morgan fingerprint density at radius 3 is 2.70 bits per heavy atom. The molecule has 0 bridgehead atoms. The third kappa shape index (κ3) is 6.42. The Kier molecular flexibility index (Phi) is 8.35. The van der Waals surface area contributed by atoms with Gasteiger partial charge in [-0.15, -0.1) is 0 Å². The number of carbonyl (C=O) groups excluding carboxylic acids is 1. The van der Waals surface area contributed by atoms with Crippen LogP contribution in [0.3, 0.4) is 0 Å². The maximum absolute atomic E-state index is 11.6. The zero-order valence-corrected chi connectivity index (χ0v) is 12.8. The number of carbonyl (C=O) groups is 1. The summed E-state index contributed by atoms with van der Waals surface area (Å²) in [5, 5.41) is 12.3. The fourth-order valence-electron chi connectivity index (χ4n) is 1.68. The first-order chi connectivity index (χ1) is 9.65. The Morgan fingerprint density at radius 1 is 1.20 bits per heavy atom. The molecule has 0 saturated carbocycles. The van der Waals surface area contributed by atoms with Crippen LogP contribution in [0.1, 0.15) is 31.2 Å². The number of rotatable bonds is 8. The summed E-state index contributed by atoms with van der Waals surface area (Å²) in [4.78, 5) is 11.6. The number of aliphatic hydroxyl groups excluding tert-OH is 1.